The first-order chi connectivity index (χ1) is 19.2. The Hall–Kier alpha value is -2.55. The lowest BCUT2D eigenvalue weighted by Gasteiger charge is -2.16. The molecule has 0 nitrogen and oxygen atoms in total. The molecule has 0 bridgehead atoms. The van der Waals surface area contributed by atoms with Gasteiger partial charge in [-0.15, -0.1) is 0 Å². The van der Waals surface area contributed by atoms with E-state index in [0.717, 1.165) is 48.2 Å². The fraction of sp³-hybridized carbons (Fsp3) is 0.0667. The average molecular weight is 664 g/mol. The molecule has 4 aromatic rings. The fourth-order valence-corrected chi connectivity index (χ4v) is 5.96. The van der Waals surface area contributed by atoms with Crippen LogP contribution >= 0.6 is 58.2 Å². The van der Waals surface area contributed by atoms with Gasteiger partial charge < -0.3 is 0 Å². The van der Waals surface area contributed by atoms with E-state index in [4.69, 9.17) is 46.4 Å². The third-order valence-corrected chi connectivity index (χ3v) is 7.67. The standard InChI is InChI=1S/C30H16Cl4F6S/c31-21-9-19(10-22(32)15-21)25(29(35,36)37)13-17-5-1-3-7-27(17)41-28-8-4-2-6-18(28)14-26(30(38,39)40)20-11-23(33)16-24(34)12-20/h1-16H. The van der Waals surface area contributed by atoms with Gasteiger partial charge in [0.2, 0.25) is 0 Å². The smallest absolute Gasteiger partial charge is 0.166 e. The van der Waals surface area contributed by atoms with Crippen molar-refractivity contribution in [1.82, 2.24) is 0 Å². The topological polar surface area (TPSA) is 0 Å². The molecule has 0 amide bonds. The van der Waals surface area contributed by atoms with E-state index in [2.05, 4.69) is 0 Å². The lowest BCUT2D eigenvalue weighted by molar-refractivity contribution is -0.0692. The minimum atomic E-state index is -4.76. The molecule has 0 heterocycles. The van der Waals surface area contributed by atoms with Gasteiger partial charge >= 0.3 is 12.4 Å². The molecule has 0 atom stereocenters. The number of hydrogen-bond donors (Lipinski definition) is 0. The third-order valence-electron chi connectivity index (χ3n) is 5.62. The van der Waals surface area contributed by atoms with Crippen LogP contribution in [0.3, 0.4) is 0 Å². The third kappa shape index (κ3) is 8.27. The van der Waals surface area contributed by atoms with Crippen molar-refractivity contribution in [2.45, 2.75) is 22.1 Å². The Morgan fingerprint density at radius 2 is 0.829 bits per heavy atom. The van der Waals surface area contributed by atoms with Crippen molar-refractivity contribution >= 4 is 81.5 Å². The summed E-state index contributed by atoms with van der Waals surface area (Å²) in [5.74, 6) is 0. The summed E-state index contributed by atoms with van der Waals surface area (Å²) in [4.78, 5) is 0.755. The van der Waals surface area contributed by atoms with Crippen molar-refractivity contribution in [3.05, 3.63) is 127 Å². The molecule has 0 radical (unpaired) electrons. The summed E-state index contributed by atoms with van der Waals surface area (Å²) >= 11 is 24.8. The molecule has 212 valence electrons. The Morgan fingerprint density at radius 1 is 0.512 bits per heavy atom. The molecule has 0 aliphatic carbocycles. The van der Waals surface area contributed by atoms with E-state index in [-0.39, 0.29) is 42.3 Å². The highest BCUT2D eigenvalue weighted by atomic mass is 35.5. The van der Waals surface area contributed by atoms with Gasteiger partial charge in [0.1, 0.15) is 0 Å². The zero-order valence-corrected chi connectivity index (χ0v) is 24.3. The maximum absolute atomic E-state index is 14.2. The lowest BCUT2D eigenvalue weighted by Crippen LogP contribution is -2.11. The van der Waals surface area contributed by atoms with Crippen molar-refractivity contribution in [2.75, 3.05) is 0 Å². The van der Waals surface area contributed by atoms with E-state index in [9.17, 15) is 26.3 Å². The predicted molar refractivity (Wildman–Crippen MR) is 158 cm³/mol. The molecule has 0 aliphatic rings. The summed E-state index contributed by atoms with van der Waals surface area (Å²) in [5.41, 5.74) is -2.04. The molecule has 0 aromatic heterocycles. The molecular formula is C30H16Cl4F6S. The van der Waals surface area contributed by atoms with Crippen molar-refractivity contribution in [1.29, 1.82) is 0 Å². The summed E-state index contributed by atoms with van der Waals surface area (Å²) in [7, 11) is 0. The van der Waals surface area contributed by atoms with Gasteiger partial charge in [-0.25, -0.2) is 0 Å². The molecule has 0 saturated carbocycles. The van der Waals surface area contributed by atoms with Gasteiger partial charge in [0.05, 0.1) is 11.1 Å². The number of alkyl halides is 6. The van der Waals surface area contributed by atoms with Crippen molar-refractivity contribution in [3.8, 4) is 0 Å². The highest BCUT2D eigenvalue weighted by Crippen LogP contribution is 2.42. The van der Waals surface area contributed by atoms with Crippen LogP contribution in [0, 0.1) is 0 Å². The quantitative estimate of drug-likeness (QED) is 0.146. The predicted octanol–water partition coefficient (Wildman–Crippen LogP) is 12.7. The van der Waals surface area contributed by atoms with Gasteiger partial charge in [0.15, 0.2) is 0 Å². The van der Waals surface area contributed by atoms with Crippen LogP contribution in [0.25, 0.3) is 23.3 Å². The molecule has 11 heteroatoms. The molecule has 0 N–H and O–H groups in total. The summed E-state index contributed by atoms with van der Waals surface area (Å²) in [5, 5.41) is 0.139. The second kappa shape index (κ2) is 12.8. The van der Waals surface area contributed by atoms with E-state index >= 15 is 0 Å². The molecule has 0 aliphatic heterocycles. The molecule has 4 rings (SSSR count). The first-order valence-electron chi connectivity index (χ1n) is 11.6. The Labute approximate surface area is 256 Å². The van der Waals surface area contributed by atoms with E-state index in [1.165, 1.54) is 24.3 Å². The minimum absolute atomic E-state index is 0.0347. The van der Waals surface area contributed by atoms with E-state index in [1.54, 1.807) is 36.4 Å². The summed E-state index contributed by atoms with van der Waals surface area (Å²) < 4.78 is 84.9. The molecule has 41 heavy (non-hydrogen) atoms. The maximum atomic E-state index is 14.2. The summed E-state index contributed by atoms with van der Waals surface area (Å²) in [6, 6.07) is 19.8. The van der Waals surface area contributed by atoms with Gasteiger partial charge in [-0.1, -0.05) is 94.6 Å². The fourth-order valence-electron chi connectivity index (χ4n) is 3.89. The zero-order valence-electron chi connectivity index (χ0n) is 20.4. The number of allylic oxidation sites excluding steroid dienone is 2. The van der Waals surface area contributed by atoms with Gasteiger partial charge in [-0.2, -0.15) is 26.3 Å². The number of benzene rings is 4. The van der Waals surface area contributed by atoms with Crippen LogP contribution in [-0.2, 0) is 0 Å². The molecule has 0 unspecified atom stereocenters. The van der Waals surface area contributed by atoms with E-state index in [0.29, 0.717) is 9.79 Å². The van der Waals surface area contributed by atoms with Crippen LogP contribution in [0.2, 0.25) is 20.1 Å². The maximum Gasteiger partial charge on any atom is 0.417 e. The van der Waals surface area contributed by atoms with E-state index < -0.39 is 23.5 Å². The Balaban J connectivity index is 1.82. The lowest BCUT2D eigenvalue weighted by atomic mass is 10.0. The highest BCUT2D eigenvalue weighted by molar-refractivity contribution is 7.99. The van der Waals surface area contributed by atoms with E-state index in [1.807, 2.05) is 0 Å². The normalized spacial score (nSPS) is 13.0. The van der Waals surface area contributed by atoms with Crippen molar-refractivity contribution < 1.29 is 26.3 Å². The van der Waals surface area contributed by atoms with Crippen molar-refractivity contribution in [2.24, 2.45) is 0 Å². The first kappa shape index (κ1) is 31.4. The SMILES string of the molecule is FC(F)(F)C(=Cc1ccccc1Sc1ccccc1C=C(c1cc(Cl)cc(Cl)c1)C(F)(F)F)c1cc(Cl)cc(Cl)c1. The summed E-state index contributed by atoms with van der Waals surface area (Å²) in [6.45, 7) is 0. The second-order valence-corrected chi connectivity index (χ2v) is 11.4. The number of halogens is 10. The largest absolute Gasteiger partial charge is 0.417 e. The summed E-state index contributed by atoms with van der Waals surface area (Å²) in [6.07, 6.45) is -7.60. The molecule has 0 saturated heterocycles. The Kier molecular flexibility index (Phi) is 9.77. The van der Waals surface area contributed by atoms with Crippen LogP contribution in [0.5, 0.6) is 0 Å². The Bertz CT molecular complexity index is 1480. The average Bonchev–Trinajstić information content (AvgIpc) is 2.85. The molecule has 0 fully saturated rings. The Morgan fingerprint density at radius 3 is 1.15 bits per heavy atom. The van der Waals surface area contributed by atoms with Crippen LogP contribution in [0.15, 0.2) is 94.7 Å². The number of rotatable bonds is 6. The minimum Gasteiger partial charge on any atom is -0.166 e. The highest BCUT2D eigenvalue weighted by Gasteiger charge is 2.36. The first-order valence-corrected chi connectivity index (χ1v) is 13.9. The molecule has 0 spiro atoms. The van der Waals surface area contributed by atoms with Gasteiger partial charge in [-0.3, -0.25) is 0 Å². The van der Waals surface area contributed by atoms with Gasteiger partial charge in [-0.05, 0) is 82.9 Å². The molecular weight excluding hydrogens is 648 g/mol. The van der Waals surface area contributed by atoms with Crippen LogP contribution in [0.1, 0.15) is 22.3 Å². The van der Waals surface area contributed by atoms with Crippen LogP contribution in [0.4, 0.5) is 26.3 Å². The zero-order chi connectivity index (χ0) is 29.9. The van der Waals surface area contributed by atoms with Crippen LogP contribution in [-0.4, -0.2) is 12.4 Å². The number of hydrogen-bond acceptors (Lipinski definition) is 1. The molecule has 4 aromatic carbocycles. The van der Waals surface area contributed by atoms with Gasteiger partial charge in [0.25, 0.3) is 0 Å². The second-order valence-electron chi connectivity index (χ2n) is 8.61. The monoisotopic (exact) mass is 662 g/mol. The van der Waals surface area contributed by atoms with Crippen molar-refractivity contribution in [3.63, 3.8) is 0 Å². The van der Waals surface area contributed by atoms with Crippen LogP contribution < -0.4 is 0 Å². The van der Waals surface area contributed by atoms with Gasteiger partial charge in [0, 0.05) is 29.9 Å².